The smallest absolute Gasteiger partial charge is 0.225 e. The van der Waals surface area contributed by atoms with Gasteiger partial charge < -0.3 is 19.0 Å². The van der Waals surface area contributed by atoms with Gasteiger partial charge in [0.15, 0.2) is 0 Å². The molecule has 0 atom stereocenters. The predicted molar refractivity (Wildman–Crippen MR) is 103 cm³/mol. The molecule has 0 aromatic carbocycles. The van der Waals surface area contributed by atoms with Gasteiger partial charge in [0.05, 0.1) is 19.8 Å². The van der Waals surface area contributed by atoms with Gasteiger partial charge in [0, 0.05) is 38.1 Å². The summed E-state index contributed by atoms with van der Waals surface area (Å²) in [6.07, 6.45) is 4.48. The van der Waals surface area contributed by atoms with Crippen molar-refractivity contribution in [2.45, 2.75) is 45.2 Å². The third-order valence-electron chi connectivity index (χ3n) is 6.45. The van der Waals surface area contributed by atoms with Crippen LogP contribution in [0.3, 0.4) is 0 Å². The SMILES string of the molecule is Cc1ccc(CN2CCC(N3CCC(C(=O)N4CCOCC4)CC3)CC2)o1. The molecule has 150 valence electrons. The molecule has 27 heavy (non-hydrogen) atoms. The van der Waals surface area contributed by atoms with Crippen molar-refractivity contribution < 1.29 is 13.9 Å². The lowest BCUT2D eigenvalue weighted by molar-refractivity contribution is -0.141. The number of furan rings is 1. The van der Waals surface area contributed by atoms with Crippen molar-refractivity contribution in [3.05, 3.63) is 23.7 Å². The van der Waals surface area contributed by atoms with Crippen molar-refractivity contribution in [1.82, 2.24) is 14.7 Å². The van der Waals surface area contributed by atoms with Crippen molar-refractivity contribution >= 4 is 5.91 Å². The van der Waals surface area contributed by atoms with Crippen LogP contribution in [0.2, 0.25) is 0 Å². The number of morpholine rings is 1. The van der Waals surface area contributed by atoms with E-state index in [1.165, 1.54) is 12.8 Å². The molecular formula is C21H33N3O3. The quantitative estimate of drug-likeness (QED) is 0.807. The first-order valence-electron chi connectivity index (χ1n) is 10.6. The highest BCUT2D eigenvalue weighted by atomic mass is 16.5. The van der Waals surface area contributed by atoms with Gasteiger partial charge in [-0.15, -0.1) is 0 Å². The van der Waals surface area contributed by atoms with E-state index in [1.54, 1.807) is 0 Å². The lowest BCUT2D eigenvalue weighted by Crippen LogP contribution is -2.50. The molecule has 0 unspecified atom stereocenters. The van der Waals surface area contributed by atoms with Crippen molar-refractivity contribution in [3.63, 3.8) is 0 Å². The maximum atomic E-state index is 12.7. The summed E-state index contributed by atoms with van der Waals surface area (Å²) in [5.41, 5.74) is 0. The number of rotatable bonds is 4. The number of hydrogen-bond donors (Lipinski definition) is 0. The minimum absolute atomic E-state index is 0.224. The molecule has 0 N–H and O–H groups in total. The number of hydrogen-bond acceptors (Lipinski definition) is 5. The second-order valence-electron chi connectivity index (χ2n) is 8.27. The Morgan fingerprint density at radius 1 is 1.00 bits per heavy atom. The van der Waals surface area contributed by atoms with Crippen LogP contribution in [-0.4, -0.2) is 79.1 Å². The number of nitrogens with zero attached hydrogens (tertiary/aromatic N) is 3. The van der Waals surface area contributed by atoms with Crippen LogP contribution in [0, 0.1) is 12.8 Å². The molecule has 6 heteroatoms. The average Bonchev–Trinajstić information content (AvgIpc) is 3.13. The molecule has 1 aromatic heterocycles. The molecule has 3 fully saturated rings. The zero-order valence-electron chi connectivity index (χ0n) is 16.6. The van der Waals surface area contributed by atoms with Crippen molar-refractivity contribution in [2.75, 3.05) is 52.5 Å². The molecule has 3 saturated heterocycles. The summed E-state index contributed by atoms with van der Waals surface area (Å²) >= 11 is 0. The van der Waals surface area contributed by atoms with Gasteiger partial charge in [-0.05, 0) is 57.8 Å². The monoisotopic (exact) mass is 375 g/mol. The number of amides is 1. The molecule has 0 saturated carbocycles. The van der Waals surface area contributed by atoms with Gasteiger partial charge >= 0.3 is 0 Å². The second-order valence-corrected chi connectivity index (χ2v) is 8.27. The molecule has 0 spiro atoms. The van der Waals surface area contributed by atoms with E-state index in [4.69, 9.17) is 9.15 Å². The lowest BCUT2D eigenvalue weighted by Gasteiger charge is -2.42. The number of ether oxygens (including phenoxy) is 1. The third-order valence-corrected chi connectivity index (χ3v) is 6.45. The van der Waals surface area contributed by atoms with E-state index in [9.17, 15) is 4.79 Å². The average molecular weight is 376 g/mol. The molecule has 6 nitrogen and oxygen atoms in total. The zero-order chi connectivity index (χ0) is 18.6. The van der Waals surface area contributed by atoms with Crippen LogP contribution in [-0.2, 0) is 16.1 Å². The van der Waals surface area contributed by atoms with Gasteiger partial charge in [-0.3, -0.25) is 9.69 Å². The maximum Gasteiger partial charge on any atom is 0.225 e. The van der Waals surface area contributed by atoms with Crippen LogP contribution in [0.1, 0.15) is 37.2 Å². The van der Waals surface area contributed by atoms with Crippen LogP contribution in [0.25, 0.3) is 0 Å². The fourth-order valence-electron chi connectivity index (χ4n) is 4.79. The van der Waals surface area contributed by atoms with Gasteiger partial charge in [-0.2, -0.15) is 0 Å². The van der Waals surface area contributed by atoms with Crippen LogP contribution >= 0.6 is 0 Å². The Hall–Kier alpha value is -1.37. The normalized spacial score (nSPS) is 24.4. The van der Waals surface area contributed by atoms with Crippen LogP contribution < -0.4 is 0 Å². The maximum absolute atomic E-state index is 12.7. The third kappa shape index (κ3) is 4.73. The van der Waals surface area contributed by atoms with E-state index >= 15 is 0 Å². The topological polar surface area (TPSA) is 49.2 Å². The molecule has 0 bridgehead atoms. The zero-order valence-corrected chi connectivity index (χ0v) is 16.6. The molecular weight excluding hydrogens is 342 g/mol. The van der Waals surface area contributed by atoms with Crippen LogP contribution in [0.5, 0.6) is 0 Å². The number of carbonyl (C=O) groups excluding carboxylic acids is 1. The number of piperidine rings is 2. The minimum Gasteiger partial charge on any atom is -0.465 e. The molecule has 0 radical (unpaired) electrons. The van der Waals surface area contributed by atoms with Crippen molar-refractivity contribution in [2.24, 2.45) is 5.92 Å². The first kappa shape index (κ1) is 19.0. The summed E-state index contributed by atoms with van der Waals surface area (Å²) in [6, 6.07) is 4.82. The highest BCUT2D eigenvalue weighted by Gasteiger charge is 2.32. The summed E-state index contributed by atoms with van der Waals surface area (Å²) in [7, 11) is 0. The molecule has 4 heterocycles. The highest BCUT2D eigenvalue weighted by molar-refractivity contribution is 5.79. The Labute approximate surface area is 162 Å². The van der Waals surface area contributed by atoms with Crippen molar-refractivity contribution in [1.29, 1.82) is 0 Å². The number of carbonyl (C=O) groups is 1. The van der Waals surface area contributed by atoms with E-state index in [-0.39, 0.29) is 5.92 Å². The highest BCUT2D eigenvalue weighted by Crippen LogP contribution is 2.26. The molecule has 0 aliphatic carbocycles. The summed E-state index contributed by atoms with van der Waals surface area (Å²) in [6.45, 7) is 10.3. The molecule has 3 aliphatic heterocycles. The van der Waals surface area contributed by atoms with E-state index in [0.717, 1.165) is 70.2 Å². The van der Waals surface area contributed by atoms with E-state index in [2.05, 4.69) is 15.9 Å². The summed E-state index contributed by atoms with van der Waals surface area (Å²) < 4.78 is 11.1. The first-order valence-corrected chi connectivity index (χ1v) is 10.6. The first-order chi connectivity index (χ1) is 13.2. The van der Waals surface area contributed by atoms with Crippen LogP contribution in [0.4, 0.5) is 0 Å². The fraction of sp³-hybridized carbons (Fsp3) is 0.762. The molecule has 1 aromatic rings. The van der Waals surface area contributed by atoms with E-state index < -0.39 is 0 Å². The summed E-state index contributed by atoms with van der Waals surface area (Å²) in [5.74, 6) is 2.66. The Morgan fingerprint density at radius 3 is 2.33 bits per heavy atom. The summed E-state index contributed by atoms with van der Waals surface area (Å²) in [5, 5.41) is 0. The molecule has 1 amide bonds. The largest absolute Gasteiger partial charge is 0.465 e. The predicted octanol–water partition coefficient (Wildman–Crippen LogP) is 2.12. The van der Waals surface area contributed by atoms with Gasteiger partial charge in [0.2, 0.25) is 5.91 Å². The Bertz CT molecular complexity index is 610. The van der Waals surface area contributed by atoms with E-state index in [1.807, 2.05) is 17.9 Å². The Kier molecular flexibility index (Phi) is 6.15. The van der Waals surface area contributed by atoms with Crippen LogP contribution in [0.15, 0.2) is 16.5 Å². The number of likely N-dealkylation sites (tertiary alicyclic amines) is 2. The Morgan fingerprint density at radius 2 is 1.70 bits per heavy atom. The minimum atomic E-state index is 0.224. The van der Waals surface area contributed by atoms with Gasteiger partial charge in [0.25, 0.3) is 0 Å². The summed E-state index contributed by atoms with van der Waals surface area (Å²) in [4.78, 5) is 19.8. The lowest BCUT2D eigenvalue weighted by atomic mass is 9.92. The molecule has 3 aliphatic rings. The van der Waals surface area contributed by atoms with Gasteiger partial charge in [-0.1, -0.05) is 0 Å². The number of aryl methyl sites for hydroxylation is 1. The van der Waals surface area contributed by atoms with Crippen molar-refractivity contribution in [3.8, 4) is 0 Å². The molecule has 4 rings (SSSR count). The van der Waals surface area contributed by atoms with Gasteiger partial charge in [-0.25, -0.2) is 0 Å². The fourth-order valence-corrected chi connectivity index (χ4v) is 4.79. The standard InChI is InChI=1S/C21H33N3O3/c1-17-2-3-20(27-17)16-22-8-6-19(7-9-22)23-10-4-18(5-11-23)21(25)24-12-14-26-15-13-24/h2-3,18-19H,4-16H2,1H3. The van der Waals surface area contributed by atoms with E-state index in [0.29, 0.717) is 25.2 Å². The second kappa shape index (κ2) is 8.76. The van der Waals surface area contributed by atoms with Gasteiger partial charge in [0.1, 0.15) is 11.5 Å². The Balaban J connectivity index is 1.19.